The molecule has 0 fully saturated rings. The van der Waals surface area contributed by atoms with Crippen molar-refractivity contribution in [3.63, 3.8) is 0 Å². The molecule has 1 aliphatic rings. The second-order valence-corrected chi connectivity index (χ2v) is 3.88. The van der Waals surface area contributed by atoms with E-state index < -0.39 is 44.1 Å². The number of phosphoric acid groups is 1. The average Bonchev–Trinajstić information content (AvgIpc) is 2.42. The van der Waals surface area contributed by atoms with E-state index in [9.17, 15) is 24.3 Å². The van der Waals surface area contributed by atoms with Crippen LogP contribution in [-0.4, -0.2) is 35.0 Å². The largest absolute Gasteiger partial charge is 0.870 e. The Bertz CT molecular complexity index is 380. The van der Waals surface area contributed by atoms with Crippen molar-refractivity contribution in [3.05, 3.63) is 11.5 Å². The number of ether oxygens (including phenoxy) is 1. The second kappa shape index (κ2) is 9.64. The molecule has 13 heteroatoms. The summed E-state index contributed by atoms with van der Waals surface area (Å²) >= 11 is 0. The van der Waals surface area contributed by atoms with E-state index in [4.69, 9.17) is 10.2 Å². The van der Waals surface area contributed by atoms with E-state index in [1.165, 1.54) is 0 Å². The summed E-state index contributed by atoms with van der Waals surface area (Å²) in [6.07, 6.45) is -3.48. The molecule has 0 bridgehead atoms. The number of aliphatic hydroxyl groups is 2. The van der Waals surface area contributed by atoms with Crippen molar-refractivity contribution in [2.24, 2.45) is 0 Å². The Kier molecular flexibility index (Phi) is 12.6. The topological polar surface area (TPSA) is 162 Å². The van der Waals surface area contributed by atoms with Crippen molar-refractivity contribution in [1.29, 1.82) is 0 Å². The van der Waals surface area contributed by atoms with Gasteiger partial charge in [0.2, 0.25) is 5.76 Å². The number of aliphatic hydroxyl groups excluding tert-OH is 2. The van der Waals surface area contributed by atoms with Gasteiger partial charge in [-0.1, -0.05) is 0 Å². The van der Waals surface area contributed by atoms with Crippen LogP contribution < -0.4 is 14.9 Å². The van der Waals surface area contributed by atoms with Crippen molar-refractivity contribution in [3.8, 4) is 0 Å². The molecule has 0 radical (unpaired) electrons. The molecule has 2 unspecified atom stereocenters. The third-order valence-corrected chi connectivity index (χ3v) is 2.05. The summed E-state index contributed by atoms with van der Waals surface area (Å²) in [6.45, 7) is -0.886. The minimum absolute atomic E-state index is 0. The first kappa shape index (κ1) is 24.7. The van der Waals surface area contributed by atoms with Gasteiger partial charge in [0.05, 0.1) is 6.61 Å². The minimum Gasteiger partial charge on any atom is -0.870 e. The Morgan fingerprint density at radius 1 is 1.37 bits per heavy atom. The Balaban J connectivity index is -0.000000853. The third kappa shape index (κ3) is 6.83. The summed E-state index contributed by atoms with van der Waals surface area (Å²) in [7, 11) is -5.56. The standard InChI is InChI=1S/C6H9O9P.3Zn/c7-1-2(8)4-3(9)5(6(10)14-4)15-16(11,12)13;;;/h2,4,7-9H,1H2,(H2,11,12,13);;;/p-3. The van der Waals surface area contributed by atoms with Crippen LogP contribution in [0.1, 0.15) is 0 Å². The molecule has 0 aliphatic carbocycles. The number of hydrogen-bond acceptors (Lipinski definition) is 9. The predicted molar refractivity (Wildman–Crippen MR) is 38.7 cm³/mol. The predicted octanol–water partition coefficient (Wildman–Crippen LogP) is -4.33. The molecule has 1 heterocycles. The van der Waals surface area contributed by atoms with E-state index in [-0.39, 0.29) is 58.4 Å². The van der Waals surface area contributed by atoms with E-state index in [1.807, 2.05) is 0 Å². The maximum Gasteiger partial charge on any atom is 0.373 e. The van der Waals surface area contributed by atoms with E-state index in [1.54, 1.807) is 0 Å². The first-order valence-corrected chi connectivity index (χ1v) is 5.35. The number of cyclic esters (lactones) is 1. The molecule has 0 saturated carbocycles. The van der Waals surface area contributed by atoms with Gasteiger partial charge >= 0.3 is 5.97 Å². The maximum absolute atomic E-state index is 11.2. The molecular formula is C6H6O9PZn3-3. The van der Waals surface area contributed by atoms with Crippen LogP contribution in [0.25, 0.3) is 0 Å². The number of carbonyl (C=O) groups excluding carboxylic acids is 1. The molecule has 0 saturated heterocycles. The number of esters is 1. The molecule has 2 N–H and O–H groups in total. The summed E-state index contributed by atoms with van der Waals surface area (Å²) in [6, 6.07) is 0. The van der Waals surface area contributed by atoms with Gasteiger partial charge in [-0.15, -0.1) is 0 Å². The van der Waals surface area contributed by atoms with Gasteiger partial charge < -0.3 is 38.9 Å². The molecule has 9 nitrogen and oxygen atoms in total. The van der Waals surface area contributed by atoms with Crippen LogP contribution in [0.3, 0.4) is 0 Å². The molecule has 0 aromatic carbocycles. The van der Waals surface area contributed by atoms with Gasteiger partial charge in [-0.2, -0.15) is 0 Å². The SMILES string of the molecule is O=C1OC(C(O)CO)C([O-])=C1OP(=O)([O-])[O-].[Zn].[Zn].[Zn]. The molecule has 2 atom stereocenters. The Morgan fingerprint density at radius 2 is 1.84 bits per heavy atom. The van der Waals surface area contributed by atoms with Gasteiger partial charge in [-0.25, -0.2) is 4.79 Å². The van der Waals surface area contributed by atoms with Gasteiger partial charge in [-0.3, -0.25) is 0 Å². The second-order valence-electron chi connectivity index (χ2n) is 2.81. The monoisotopic (exact) mass is 445 g/mol. The van der Waals surface area contributed by atoms with E-state index in [0.717, 1.165) is 0 Å². The van der Waals surface area contributed by atoms with Crippen LogP contribution in [0.5, 0.6) is 0 Å². The van der Waals surface area contributed by atoms with E-state index in [2.05, 4.69) is 9.26 Å². The van der Waals surface area contributed by atoms with E-state index in [0.29, 0.717) is 0 Å². The fourth-order valence-corrected chi connectivity index (χ4v) is 1.38. The Morgan fingerprint density at radius 3 is 2.21 bits per heavy atom. The zero-order valence-corrected chi connectivity index (χ0v) is 19.5. The Labute approximate surface area is 145 Å². The maximum atomic E-state index is 11.2. The fourth-order valence-electron chi connectivity index (χ4n) is 0.995. The van der Waals surface area contributed by atoms with Crippen LogP contribution in [0, 0.1) is 0 Å². The summed E-state index contributed by atoms with van der Waals surface area (Å²) in [4.78, 5) is 31.3. The molecule has 0 aromatic rings. The van der Waals surface area contributed by atoms with Gasteiger partial charge in [0.1, 0.15) is 20.0 Å². The zero-order chi connectivity index (χ0) is 12.5. The van der Waals surface area contributed by atoms with Crippen molar-refractivity contribution in [2.75, 3.05) is 6.61 Å². The van der Waals surface area contributed by atoms with Gasteiger partial charge in [0.15, 0.2) is 0 Å². The number of rotatable bonds is 4. The fraction of sp³-hybridized carbons (Fsp3) is 0.500. The number of phosphoric ester groups is 1. The summed E-state index contributed by atoms with van der Waals surface area (Å²) in [5.74, 6) is -4.10. The third-order valence-electron chi connectivity index (χ3n) is 1.64. The van der Waals surface area contributed by atoms with Crippen LogP contribution >= 0.6 is 7.82 Å². The van der Waals surface area contributed by atoms with Gasteiger partial charge in [0, 0.05) is 58.4 Å². The van der Waals surface area contributed by atoms with Crippen LogP contribution in [0.15, 0.2) is 11.5 Å². The van der Waals surface area contributed by atoms with Crippen molar-refractivity contribution in [1.82, 2.24) is 0 Å². The average molecular weight is 449 g/mol. The van der Waals surface area contributed by atoms with E-state index >= 15 is 0 Å². The molecule has 19 heavy (non-hydrogen) atoms. The van der Waals surface area contributed by atoms with Gasteiger partial charge in [-0.05, 0) is 5.76 Å². The number of hydrogen-bond donors (Lipinski definition) is 2. The summed E-state index contributed by atoms with van der Waals surface area (Å²) in [5.41, 5.74) is 0. The van der Waals surface area contributed by atoms with Crippen LogP contribution in [-0.2, 0) is 77.1 Å². The zero-order valence-electron chi connectivity index (χ0n) is 9.68. The quantitative estimate of drug-likeness (QED) is 0.246. The molecule has 1 rings (SSSR count). The van der Waals surface area contributed by atoms with Gasteiger partial charge in [0.25, 0.3) is 0 Å². The Hall–Kier alpha value is 0.750. The summed E-state index contributed by atoms with van der Waals surface area (Å²) in [5, 5.41) is 28.7. The van der Waals surface area contributed by atoms with Crippen molar-refractivity contribution in [2.45, 2.75) is 12.2 Å². The van der Waals surface area contributed by atoms with Crippen LogP contribution in [0.2, 0.25) is 0 Å². The molecule has 1 aliphatic heterocycles. The first-order valence-electron chi connectivity index (χ1n) is 3.89. The molecule has 0 aromatic heterocycles. The smallest absolute Gasteiger partial charge is 0.373 e. The molecular weight excluding hydrogens is 443 g/mol. The minimum atomic E-state index is -5.56. The number of carbonyl (C=O) groups is 1. The first-order chi connectivity index (χ1) is 7.26. The molecule has 0 amide bonds. The van der Waals surface area contributed by atoms with Crippen molar-refractivity contribution >= 4 is 13.8 Å². The molecule has 98 valence electrons. The van der Waals surface area contributed by atoms with Crippen molar-refractivity contribution < 1.29 is 102 Å². The normalized spacial score (nSPS) is 19.6. The molecule has 0 spiro atoms. The van der Waals surface area contributed by atoms with Crippen LogP contribution in [0.4, 0.5) is 0 Å². The summed E-state index contributed by atoms with van der Waals surface area (Å²) < 4.78 is 18.0.